The van der Waals surface area contributed by atoms with E-state index in [-0.39, 0.29) is 11.3 Å². The Hall–Kier alpha value is -3.18. The number of hydrogen-bond acceptors (Lipinski definition) is 4. The Balaban J connectivity index is 2.00. The number of aryl methyl sites for hydroxylation is 4. The molecule has 1 atom stereocenters. The number of ketones is 1. The zero-order valence-corrected chi connectivity index (χ0v) is 18.2. The van der Waals surface area contributed by atoms with Crippen molar-refractivity contribution >= 4 is 34.5 Å². The van der Waals surface area contributed by atoms with Crippen molar-refractivity contribution in [2.45, 2.75) is 33.7 Å². The molecule has 1 aliphatic heterocycles. The van der Waals surface area contributed by atoms with Crippen LogP contribution in [0.1, 0.15) is 38.7 Å². The average molecular weight is 418 g/mol. The lowest BCUT2D eigenvalue weighted by atomic mass is 9.95. The second-order valence-corrected chi connectivity index (χ2v) is 8.74. The molecular formula is C25H23NO3S. The minimum absolute atomic E-state index is 0.123. The molecule has 0 saturated carbocycles. The van der Waals surface area contributed by atoms with Crippen molar-refractivity contribution in [3.8, 4) is 0 Å². The predicted octanol–water partition coefficient (Wildman–Crippen LogP) is 5.61. The maximum absolute atomic E-state index is 13.2. The molecule has 0 bridgehead atoms. The summed E-state index contributed by atoms with van der Waals surface area (Å²) in [5.74, 6) is -1.40. The van der Waals surface area contributed by atoms with E-state index >= 15 is 0 Å². The van der Waals surface area contributed by atoms with Crippen LogP contribution in [0, 0.1) is 27.7 Å². The number of carbonyl (C=O) groups excluding carboxylic acids is 2. The summed E-state index contributed by atoms with van der Waals surface area (Å²) in [4.78, 5) is 28.8. The average Bonchev–Trinajstić information content (AvgIpc) is 3.24. The summed E-state index contributed by atoms with van der Waals surface area (Å²) in [6, 6.07) is 14.5. The summed E-state index contributed by atoms with van der Waals surface area (Å²) < 4.78 is 0. The molecule has 1 amide bonds. The van der Waals surface area contributed by atoms with Gasteiger partial charge in [-0.05, 0) is 74.0 Å². The smallest absolute Gasteiger partial charge is 0.300 e. The number of rotatable bonds is 3. The van der Waals surface area contributed by atoms with Crippen molar-refractivity contribution < 1.29 is 14.7 Å². The Morgan fingerprint density at radius 3 is 2.33 bits per heavy atom. The molecule has 152 valence electrons. The SMILES string of the molecule is Cc1cccc(N2C(=O)C(=O)/C(=C(/O)c3cc(C)ccc3C)C2c2sccc2C)c1. The summed E-state index contributed by atoms with van der Waals surface area (Å²) in [5.41, 5.74) is 5.16. The Labute approximate surface area is 180 Å². The molecule has 0 radical (unpaired) electrons. The molecule has 1 unspecified atom stereocenters. The number of hydrogen-bond donors (Lipinski definition) is 1. The van der Waals surface area contributed by atoms with E-state index in [1.165, 1.54) is 16.2 Å². The van der Waals surface area contributed by atoms with Gasteiger partial charge in [0.05, 0.1) is 5.57 Å². The van der Waals surface area contributed by atoms with Gasteiger partial charge in [0.1, 0.15) is 11.8 Å². The monoisotopic (exact) mass is 417 g/mol. The number of benzene rings is 2. The van der Waals surface area contributed by atoms with Crippen LogP contribution in [-0.2, 0) is 9.59 Å². The molecule has 2 aromatic carbocycles. The number of nitrogens with zero attached hydrogens (tertiary/aromatic N) is 1. The van der Waals surface area contributed by atoms with Gasteiger partial charge in [-0.25, -0.2) is 0 Å². The van der Waals surface area contributed by atoms with E-state index in [2.05, 4.69) is 0 Å². The van der Waals surface area contributed by atoms with Crippen LogP contribution in [0.2, 0.25) is 0 Å². The summed E-state index contributed by atoms with van der Waals surface area (Å²) in [6.45, 7) is 7.72. The van der Waals surface area contributed by atoms with Gasteiger partial charge in [0.15, 0.2) is 0 Å². The normalized spacial score (nSPS) is 18.3. The fourth-order valence-corrected chi connectivity index (χ4v) is 4.95. The number of aliphatic hydroxyl groups excluding tert-OH is 1. The molecule has 1 aliphatic rings. The van der Waals surface area contributed by atoms with Gasteiger partial charge in [0.2, 0.25) is 0 Å². The summed E-state index contributed by atoms with van der Waals surface area (Å²) in [5, 5.41) is 13.2. The second-order valence-electron chi connectivity index (χ2n) is 7.79. The number of aliphatic hydroxyl groups is 1. The summed E-state index contributed by atoms with van der Waals surface area (Å²) >= 11 is 1.49. The predicted molar refractivity (Wildman–Crippen MR) is 121 cm³/mol. The third kappa shape index (κ3) is 3.25. The van der Waals surface area contributed by atoms with E-state index < -0.39 is 17.7 Å². The van der Waals surface area contributed by atoms with Crippen LogP contribution >= 0.6 is 11.3 Å². The Morgan fingerprint density at radius 2 is 1.67 bits per heavy atom. The standard InChI is InChI=1S/C25H23NO3S/c1-14-6-5-7-18(12-14)26-21(24-17(4)10-11-30-24)20(23(28)25(26)29)22(27)19-13-15(2)8-9-16(19)3/h5-13,21,27H,1-4H3/b22-20+. The summed E-state index contributed by atoms with van der Waals surface area (Å²) in [7, 11) is 0. The molecule has 5 heteroatoms. The highest BCUT2D eigenvalue weighted by atomic mass is 32.1. The maximum atomic E-state index is 13.2. The molecule has 4 rings (SSSR count). The molecule has 2 heterocycles. The van der Waals surface area contributed by atoms with Crippen LogP contribution in [0.15, 0.2) is 59.5 Å². The summed E-state index contributed by atoms with van der Waals surface area (Å²) in [6.07, 6.45) is 0. The Kier molecular flexibility index (Phi) is 5.08. The van der Waals surface area contributed by atoms with E-state index in [1.807, 2.05) is 81.6 Å². The molecule has 1 fully saturated rings. The molecule has 3 aromatic rings. The highest BCUT2D eigenvalue weighted by Gasteiger charge is 2.48. The van der Waals surface area contributed by atoms with Gasteiger partial charge in [-0.3, -0.25) is 14.5 Å². The van der Waals surface area contributed by atoms with Crippen LogP contribution in [0.5, 0.6) is 0 Å². The minimum atomic E-state index is -0.660. The number of Topliss-reactive ketones (excluding diaryl/α,β-unsaturated/α-hetero) is 1. The molecule has 1 aromatic heterocycles. The number of thiophene rings is 1. The zero-order valence-electron chi connectivity index (χ0n) is 17.4. The fourth-order valence-electron chi connectivity index (χ4n) is 3.93. The van der Waals surface area contributed by atoms with Crippen LogP contribution in [0.4, 0.5) is 5.69 Å². The van der Waals surface area contributed by atoms with Crippen molar-refractivity contribution in [1.82, 2.24) is 0 Å². The first-order valence-electron chi connectivity index (χ1n) is 9.79. The van der Waals surface area contributed by atoms with E-state index in [1.54, 1.807) is 0 Å². The van der Waals surface area contributed by atoms with E-state index in [4.69, 9.17) is 0 Å². The minimum Gasteiger partial charge on any atom is -0.507 e. The molecule has 1 saturated heterocycles. The molecule has 0 spiro atoms. The van der Waals surface area contributed by atoms with Crippen molar-refractivity contribution in [3.63, 3.8) is 0 Å². The molecule has 30 heavy (non-hydrogen) atoms. The van der Waals surface area contributed by atoms with E-state index in [9.17, 15) is 14.7 Å². The van der Waals surface area contributed by atoms with Crippen molar-refractivity contribution in [2.24, 2.45) is 0 Å². The van der Waals surface area contributed by atoms with Gasteiger partial charge in [-0.1, -0.05) is 29.8 Å². The highest BCUT2D eigenvalue weighted by molar-refractivity contribution is 7.10. The molecule has 0 aliphatic carbocycles. The van der Waals surface area contributed by atoms with Gasteiger partial charge in [-0.15, -0.1) is 11.3 Å². The number of carbonyl (C=O) groups is 2. The van der Waals surface area contributed by atoms with Gasteiger partial charge >= 0.3 is 0 Å². The maximum Gasteiger partial charge on any atom is 0.300 e. The first kappa shape index (κ1) is 20.1. The van der Waals surface area contributed by atoms with E-state index in [0.717, 1.165) is 27.1 Å². The molecule has 1 N–H and O–H groups in total. The van der Waals surface area contributed by atoms with Crippen molar-refractivity contribution in [3.05, 3.63) is 92.2 Å². The zero-order chi connectivity index (χ0) is 21.6. The first-order valence-corrected chi connectivity index (χ1v) is 10.7. The van der Waals surface area contributed by atoms with E-state index in [0.29, 0.717) is 11.3 Å². The lowest BCUT2D eigenvalue weighted by molar-refractivity contribution is -0.132. The second kappa shape index (κ2) is 7.58. The topological polar surface area (TPSA) is 57.6 Å². The highest BCUT2D eigenvalue weighted by Crippen LogP contribution is 2.45. The van der Waals surface area contributed by atoms with Crippen molar-refractivity contribution in [2.75, 3.05) is 4.90 Å². The lowest BCUT2D eigenvalue weighted by Crippen LogP contribution is -2.29. The quantitative estimate of drug-likeness (QED) is 0.342. The van der Waals surface area contributed by atoms with Gasteiger partial charge < -0.3 is 5.11 Å². The van der Waals surface area contributed by atoms with Crippen LogP contribution in [0.3, 0.4) is 0 Å². The number of amides is 1. The third-order valence-corrected chi connectivity index (χ3v) is 6.59. The van der Waals surface area contributed by atoms with Crippen LogP contribution in [0.25, 0.3) is 5.76 Å². The van der Waals surface area contributed by atoms with Gasteiger partial charge in [-0.2, -0.15) is 0 Å². The van der Waals surface area contributed by atoms with Crippen molar-refractivity contribution in [1.29, 1.82) is 0 Å². The fraction of sp³-hybridized carbons (Fsp3) is 0.200. The Morgan fingerprint density at radius 1 is 0.933 bits per heavy atom. The van der Waals surface area contributed by atoms with Crippen LogP contribution < -0.4 is 4.90 Å². The van der Waals surface area contributed by atoms with Gasteiger partial charge in [0.25, 0.3) is 11.7 Å². The molecule has 4 nitrogen and oxygen atoms in total. The lowest BCUT2D eigenvalue weighted by Gasteiger charge is -2.25. The largest absolute Gasteiger partial charge is 0.507 e. The van der Waals surface area contributed by atoms with Gasteiger partial charge in [0, 0.05) is 16.1 Å². The number of anilines is 1. The van der Waals surface area contributed by atoms with Crippen LogP contribution in [-0.4, -0.2) is 16.8 Å². The third-order valence-electron chi connectivity index (χ3n) is 5.52. The Bertz CT molecular complexity index is 1200. The first-order chi connectivity index (χ1) is 14.3. The molecular weight excluding hydrogens is 394 g/mol.